The summed E-state index contributed by atoms with van der Waals surface area (Å²) in [6.45, 7) is 7.61. The molecule has 0 N–H and O–H groups in total. The minimum atomic E-state index is 0.446. The van der Waals surface area contributed by atoms with E-state index in [1.165, 1.54) is 0 Å². The highest BCUT2D eigenvalue weighted by Crippen LogP contribution is 2.19. The summed E-state index contributed by atoms with van der Waals surface area (Å²) < 4.78 is 8.34. The summed E-state index contributed by atoms with van der Waals surface area (Å²) in [5.41, 5.74) is 0.979. The topological polar surface area (TPSA) is 27.1 Å². The van der Waals surface area contributed by atoms with E-state index in [0.29, 0.717) is 12.6 Å². The van der Waals surface area contributed by atoms with E-state index >= 15 is 0 Å². The molecule has 1 atom stereocenters. The fourth-order valence-electron chi connectivity index (χ4n) is 1.12. The molecule has 0 saturated heterocycles. The summed E-state index contributed by atoms with van der Waals surface area (Å²) in [6, 6.07) is 0.446. The van der Waals surface area contributed by atoms with Crippen molar-refractivity contribution in [3.63, 3.8) is 0 Å². The molecule has 1 rings (SSSR count). The lowest BCUT2D eigenvalue weighted by molar-refractivity contribution is 0.130. The smallest absolute Gasteiger partial charge is 0.102 e. The molecule has 0 fully saturated rings. The second kappa shape index (κ2) is 5.51. The van der Waals surface area contributed by atoms with Crippen LogP contribution in [-0.2, 0) is 11.3 Å². The number of hydrogen-bond acceptors (Lipinski definition) is 2. The number of ether oxygens (including phenoxy) is 1. The normalized spacial score (nSPS) is 13.1. The van der Waals surface area contributed by atoms with E-state index in [9.17, 15) is 0 Å². The van der Waals surface area contributed by atoms with E-state index in [4.69, 9.17) is 4.74 Å². The molecule has 1 aromatic heterocycles. The summed E-state index contributed by atoms with van der Waals surface area (Å²) in [5.74, 6) is 0. The van der Waals surface area contributed by atoms with Gasteiger partial charge in [0.15, 0.2) is 0 Å². The summed E-state index contributed by atoms with van der Waals surface area (Å²) in [4.78, 5) is 0. The molecule has 4 heteroatoms. The first-order valence-corrected chi connectivity index (χ1v) is 5.79. The van der Waals surface area contributed by atoms with E-state index in [-0.39, 0.29) is 0 Å². The number of nitrogens with zero attached hydrogens (tertiary/aromatic N) is 2. The molecule has 3 nitrogen and oxygen atoms in total. The second-order valence-electron chi connectivity index (χ2n) is 3.30. The highest BCUT2D eigenvalue weighted by Gasteiger charge is 2.09. The average Bonchev–Trinajstić information content (AvgIpc) is 2.56. The number of halogens is 1. The van der Waals surface area contributed by atoms with Gasteiger partial charge in [-0.05, 0) is 36.2 Å². The molecule has 1 aromatic rings. The Kier molecular flexibility index (Phi) is 4.62. The Hall–Kier alpha value is -0.350. The second-order valence-corrected chi connectivity index (χ2v) is 4.15. The van der Waals surface area contributed by atoms with E-state index in [1.807, 2.05) is 17.8 Å². The lowest BCUT2D eigenvalue weighted by Crippen LogP contribution is -2.05. The van der Waals surface area contributed by atoms with Gasteiger partial charge in [-0.2, -0.15) is 5.10 Å². The lowest BCUT2D eigenvalue weighted by Gasteiger charge is -2.07. The van der Waals surface area contributed by atoms with Crippen molar-refractivity contribution in [1.29, 1.82) is 0 Å². The van der Waals surface area contributed by atoms with Gasteiger partial charge in [-0.3, -0.25) is 4.68 Å². The van der Waals surface area contributed by atoms with Crippen molar-refractivity contribution in [2.75, 3.05) is 6.61 Å². The van der Waals surface area contributed by atoms with Crippen LogP contribution in [-0.4, -0.2) is 16.4 Å². The van der Waals surface area contributed by atoms with Crippen molar-refractivity contribution < 1.29 is 4.74 Å². The summed E-state index contributed by atoms with van der Waals surface area (Å²) in [5, 5.41) is 4.46. The van der Waals surface area contributed by atoms with Crippen LogP contribution in [0.5, 0.6) is 0 Å². The molecule has 0 aromatic carbocycles. The van der Waals surface area contributed by atoms with Gasteiger partial charge in [0.05, 0.1) is 11.1 Å². The Morgan fingerprint density at radius 3 is 2.86 bits per heavy atom. The number of hydrogen-bond donors (Lipinski definition) is 0. The summed E-state index contributed by atoms with van der Waals surface area (Å²) in [7, 11) is 0. The van der Waals surface area contributed by atoms with Gasteiger partial charge in [0.1, 0.15) is 5.69 Å². The van der Waals surface area contributed by atoms with E-state index in [2.05, 4.69) is 34.9 Å². The van der Waals surface area contributed by atoms with Crippen molar-refractivity contribution in [2.45, 2.75) is 39.8 Å². The molecule has 0 saturated carbocycles. The molecular formula is C10H17BrN2O. The predicted molar refractivity (Wildman–Crippen MR) is 60.3 cm³/mol. The minimum Gasteiger partial charge on any atom is -0.375 e. The van der Waals surface area contributed by atoms with Crippen molar-refractivity contribution in [3.8, 4) is 0 Å². The monoisotopic (exact) mass is 260 g/mol. The van der Waals surface area contributed by atoms with Crippen LogP contribution >= 0.6 is 15.9 Å². The van der Waals surface area contributed by atoms with Gasteiger partial charge in [-0.15, -0.1) is 0 Å². The maximum atomic E-state index is 5.32. The molecule has 0 unspecified atom stereocenters. The third kappa shape index (κ3) is 2.82. The van der Waals surface area contributed by atoms with Gasteiger partial charge in [0.25, 0.3) is 0 Å². The maximum Gasteiger partial charge on any atom is 0.102 e. The molecule has 0 aliphatic heterocycles. The Labute approximate surface area is 93.6 Å². The van der Waals surface area contributed by atoms with Crippen LogP contribution in [0.2, 0.25) is 0 Å². The predicted octanol–water partition coefficient (Wildman–Crippen LogP) is 3.15. The molecule has 0 aliphatic rings. The van der Waals surface area contributed by atoms with Crippen molar-refractivity contribution in [3.05, 3.63) is 16.4 Å². The van der Waals surface area contributed by atoms with Gasteiger partial charge in [0, 0.05) is 18.8 Å². The van der Waals surface area contributed by atoms with Gasteiger partial charge in [0.2, 0.25) is 0 Å². The first kappa shape index (κ1) is 11.7. The lowest BCUT2D eigenvalue weighted by atomic mass is 10.3. The van der Waals surface area contributed by atoms with Gasteiger partial charge >= 0.3 is 0 Å². The van der Waals surface area contributed by atoms with Gasteiger partial charge in [-0.25, -0.2) is 0 Å². The van der Waals surface area contributed by atoms with Gasteiger partial charge < -0.3 is 4.74 Å². The SMILES string of the molecule is CCOCc1nn([C@@H](C)CC)cc1Br. The molecular weight excluding hydrogens is 244 g/mol. The van der Waals surface area contributed by atoms with Crippen LogP contribution in [0.25, 0.3) is 0 Å². The zero-order valence-electron chi connectivity index (χ0n) is 8.96. The zero-order chi connectivity index (χ0) is 10.6. The fraction of sp³-hybridized carbons (Fsp3) is 0.700. The van der Waals surface area contributed by atoms with E-state index in [1.54, 1.807) is 0 Å². The Morgan fingerprint density at radius 1 is 1.57 bits per heavy atom. The van der Waals surface area contributed by atoms with Crippen LogP contribution in [0.15, 0.2) is 10.7 Å². The van der Waals surface area contributed by atoms with Crippen molar-refractivity contribution >= 4 is 15.9 Å². The molecule has 1 heterocycles. The van der Waals surface area contributed by atoms with Crippen LogP contribution in [0.3, 0.4) is 0 Å². The average molecular weight is 261 g/mol. The van der Waals surface area contributed by atoms with Gasteiger partial charge in [-0.1, -0.05) is 6.92 Å². The molecule has 0 aliphatic carbocycles. The third-order valence-corrected chi connectivity index (χ3v) is 2.91. The minimum absolute atomic E-state index is 0.446. The van der Waals surface area contributed by atoms with E-state index in [0.717, 1.165) is 23.2 Å². The van der Waals surface area contributed by atoms with E-state index < -0.39 is 0 Å². The molecule has 0 amide bonds. The molecule has 0 spiro atoms. The van der Waals surface area contributed by atoms with Crippen LogP contribution in [0.4, 0.5) is 0 Å². The molecule has 80 valence electrons. The number of rotatable bonds is 5. The highest BCUT2D eigenvalue weighted by atomic mass is 79.9. The molecule has 0 bridgehead atoms. The summed E-state index contributed by atoms with van der Waals surface area (Å²) in [6.07, 6.45) is 3.10. The van der Waals surface area contributed by atoms with Crippen molar-refractivity contribution in [2.24, 2.45) is 0 Å². The first-order chi connectivity index (χ1) is 6.69. The quantitative estimate of drug-likeness (QED) is 0.814. The maximum absolute atomic E-state index is 5.32. The van der Waals surface area contributed by atoms with Crippen molar-refractivity contribution in [1.82, 2.24) is 9.78 Å². The van der Waals surface area contributed by atoms with Crippen LogP contribution < -0.4 is 0 Å². The standard InChI is InChI=1S/C10H17BrN2O/c1-4-8(3)13-6-9(11)10(12-13)7-14-5-2/h6,8H,4-5,7H2,1-3H3/t8-/m0/s1. The molecule has 0 radical (unpaired) electrons. The largest absolute Gasteiger partial charge is 0.375 e. The Bertz CT molecular complexity index is 286. The van der Waals surface area contributed by atoms with Crippen LogP contribution in [0, 0.1) is 0 Å². The third-order valence-electron chi connectivity index (χ3n) is 2.24. The zero-order valence-corrected chi connectivity index (χ0v) is 10.5. The summed E-state index contributed by atoms with van der Waals surface area (Å²) >= 11 is 3.48. The highest BCUT2D eigenvalue weighted by molar-refractivity contribution is 9.10. The first-order valence-electron chi connectivity index (χ1n) is 5.00. The fourth-order valence-corrected chi connectivity index (χ4v) is 1.52. The Balaban J connectivity index is 2.71. The van der Waals surface area contributed by atoms with Crippen LogP contribution in [0.1, 0.15) is 38.9 Å². The number of aromatic nitrogens is 2. The molecule has 14 heavy (non-hydrogen) atoms. The Morgan fingerprint density at radius 2 is 2.29 bits per heavy atom.